The predicted octanol–water partition coefficient (Wildman–Crippen LogP) is 3.76. The van der Waals surface area contributed by atoms with Crippen molar-refractivity contribution in [3.05, 3.63) is 53.2 Å². The van der Waals surface area contributed by atoms with Gasteiger partial charge in [0, 0.05) is 6.20 Å². The van der Waals surface area contributed by atoms with E-state index in [1.54, 1.807) is 0 Å². The molecule has 0 bridgehead atoms. The summed E-state index contributed by atoms with van der Waals surface area (Å²) in [5.74, 6) is 0.940. The molecule has 2 fully saturated rings. The first-order chi connectivity index (χ1) is 15.2. The molecule has 1 saturated carbocycles. The molecule has 32 heavy (non-hydrogen) atoms. The SMILES string of the molecule is COC(=O)[C@H]1C[C@@H]1c1ccc(N[C@@H]2CCc3c(B4OC(C)(C)C(C)(C)O4)cccc32)nc1. The topological polar surface area (TPSA) is 69.7 Å². The van der Waals surface area contributed by atoms with Crippen molar-refractivity contribution >= 4 is 24.4 Å². The van der Waals surface area contributed by atoms with E-state index in [2.05, 4.69) is 62.3 Å². The van der Waals surface area contributed by atoms with Crippen molar-refractivity contribution in [1.82, 2.24) is 4.98 Å². The number of nitrogens with zero attached hydrogens (tertiary/aromatic N) is 1. The molecule has 0 amide bonds. The van der Waals surface area contributed by atoms with Gasteiger partial charge in [0.2, 0.25) is 0 Å². The van der Waals surface area contributed by atoms with Crippen LogP contribution in [0.15, 0.2) is 36.5 Å². The summed E-state index contributed by atoms with van der Waals surface area (Å²) in [5, 5.41) is 3.59. The predicted molar refractivity (Wildman–Crippen MR) is 124 cm³/mol. The van der Waals surface area contributed by atoms with Crippen molar-refractivity contribution in [3.63, 3.8) is 0 Å². The van der Waals surface area contributed by atoms with Crippen LogP contribution in [0.5, 0.6) is 0 Å². The number of pyridine rings is 1. The van der Waals surface area contributed by atoms with E-state index in [0.717, 1.165) is 36.1 Å². The zero-order valence-corrected chi connectivity index (χ0v) is 19.5. The summed E-state index contributed by atoms with van der Waals surface area (Å²) < 4.78 is 17.5. The van der Waals surface area contributed by atoms with E-state index in [9.17, 15) is 4.79 Å². The summed E-state index contributed by atoms with van der Waals surface area (Å²) in [4.78, 5) is 16.3. The van der Waals surface area contributed by atoms with Crippen molar-refractivity contribution in [2.45, 2.75) is 70.1 Å². The summed E-state index contributed by atoms with van der Waals surface area (Å²) >= 11 is 0. The molecule has 3 aliphatic rings. The zero-order chi connectivity index (χ0) is 22.7. The number of hydrogen-bond donors (Lipinski definition) is 1. The van der Waals surface area contributed by atoms with Crippen LogP contribution in [-0.2, 0) is 25.3 Å². The van der Waals surface area contributed by atoms with E-state index in [0.29, 0.717) is 0 Å². The fraction of sp³-hybridized carbons (Fsp3) is 0.520. The molecule has 0 unspecified atom stereocenters. The van der Waals surface area contributed by atoms with Crippen LogP contribution < -0.4 is 10.8 Å². The van der Waals surface area contributed by atoms with Gasteiger partial charge in [0.25, 0.3) is 0 Å². The van der Waals surface area contributed by atoms with Gasteiger partial charge in [-0.3, -0.25) is 4.79 Å². The van der Waals surface area contributed by atoms with Gasteiger partial charge in [0.1, 0.15) is 5.82 Å². The van der Waals surface area contributed by atoms with E-state index in [-0.39, 0.29) is 42.2 Å². The number of fused-ring (bicyclic) bond motifs is 1. The van der Waals surface area contributed by atoms with Crippen LogP contribution in [0, 0.1) is 5.92 Å². The second-order valence-corrected chi connectivity index (χ2v) is 10.2. The average Bonchev–Trinajstić information content (AvgIpc) is 3.41. The van der Waals surface area contributed by atoms with E-state index in [1.807, 2.05) is 12.3 Å². The number of aromatic nitrogens is 1. The molecule has 0 radical (unpaired) electrons. The van der Waals surface area contributed by atoms with Crippen LogP contribution >= 0.6 is 0 Å². The number of rotatable bonds is 5. The van der Waals surface area contributed by atoms with Gasteiger partial charge < -0.3 is 19.4 Å². The second-order valence-electron chi connectivity index (χ2n) is 10.2. The lowest BCUT2D eigenvalue weighted by atomic mass is 9.75. The Labute approximate surface area is 190 Å². The fourth-order valence-corrected chi connectivity index (χ4v) is 4.89. The Bertz CT molecular complexity index is 1020. The Hall–Kier alpha value is -2.38. The molecule has 168 valence electrons. The van der Waals surface area contributed by atoms with Gasteiger partial charge in [0.05, 0.1) is 30.3 Å². The Morgan fingerprint density at radius 2 is 1.91 bits per heavy atom. The number of anilines is 1. The Morgan fingerprint density at radius 1 is 1.16 bits per heavy atom. The maximum Gasteiger partial charge on any atom is 0.495 e. The van der Waals surface area contributed by atoms with Crippen molar-refractivity contribution in [2.75, 3.05) is 12.4 Å². The third kappa shape index (κ3) is 3.61. The molecule has 2 aromatic rings. The highest BCUT2D eigenvalue weighted by atomic mass is 16.7. The van der Waals surface area contributed by atoms with Gasteiger partial charge >= 0.3 is 13.1 Å². The second kappa shape index (κ2) is 7.60. The van der Waals surface area contributed by atoms with Crippen molar-refractivity contribution in [1.29, 1.82) is 0 Å². The smallest absolute Gasteiger partial charge is 0.469 e. The van der Waals surface area contributed by atoms with Crippen molar-refractivity contribution < 1.29 is 18.8 Å². The highest BCUT2D eigenvalue weighted by molar-refractivity contribution is 6.62. The lowest BCUT2D eigenvalue weighted by Gasteiger charge is -2.32. The number of carbonyl (C=O) groups is 1. The minimum atomic E-state index is -0.350. The van der Waals surface area contributed by atoms with Crippen LogP contribution in [0.25, 0.3) is 0 Å². The number of benzene rings is 1. The van der Waals surface area contributed by atoms with Crippen LogP contribution in [0.1, 0.15) is 69.2 Å². The standard InChI is InChI=1S/C25H31BN2O4/c1-24(2)25(3,4)32-26(31-24)20-8-6-7-17-16(20)10-11-21(17)28-22-12-9-15(14-27-22)18-13-19(18)23(29)30-5/h6-9,12,14,18-19,21H,10-11,13H2,1-5H3,(H,27,28)/t18-,19+,21-/m1/s1. The molecule has 1 aliphatic heterocycles. The maximum absolute atomic E-state index is 11.7. The first kappa shape index (κ1) is 21.5. The van der Waals surface area contributed by atoms with Gasteiger partial charge in [0.15, 0.2) is 0 Å². The minimum Gasteiger partial charge on any atom is -0.469 e. The summed E-state index contributed by atoms with van der Waals surface area (Å²) in [6, 6.07) is 10.7. The zero-order valence-electron chi connectivity index (χ0n) is 19.5. The van der Waals surface area contributed by atoms with Gasteiger partial charge in [-0.1, -0.05) is 24.3 Å². The first-order valence-corrected chi connectivity index (χ1v) is 11.5. The van der Waals surface area contributed by atoms with Crippen molar-refractivity contribution in [3.8, 4) is 0 Å². The molecule has 0 spiro atoms. The quantitative estimate of drug-likeness (QED) is 0.571. The molecule has 1 aromatic carbocycles. The molecular weight excluding hydrogens is 403 g/mol. The fourth-order valence-electron chi connectivity index (χ4n) is 4.89. The normalized spacial score (nSPS) is 27.2. The van der Waals surface area contributed by atoms with Crippen LogP contribution in [-0.4, -0.2) is 36.4 Å². The van der Waals surface area contributed by atoms with Crippen LogP contribution in [0.4, 0.5) is 5.82 Å². The van der Waals surface area contributed by atoms with Crippen LogP contribution in [0.2, 0.25) is 0 Å². The Kier molecular flexibility index (Phi) is 5.10. The highest BCUT2D eigenvalue weighted by Crippen LogP contribution is 2.48. The third-order valence-corrected chi connectivity index (χ3v) is 7.65. The highest BCUT2D eigenvalue weighted by Gasteiger charge is 2.52. The molecular formula is C25H31BN2O4. The van der Waals surface area contributed by atoms with E-state index in [4.69, 9.17) is 14.0 Å². The number of nitrogens with one attached hydrogen (secondary N) is 1. The Morgan fingerprint density at radius 3 is 2.56 bits per heavy atom. The maximum atomic E-state index is 11.7. The van der Waals surface area contributed by atoms with Gasteiger partial charge in [-0.25, -0.2) is 4.98 Å². The molecule has 3 atom stereocenters. The summed E-state index contributed by atoms with van der Waals surface area (Å²) in [6.45, 7) is 8.35. The third-order valence-electron chi connectivity index (χ3n) is 7.65. The molecule has 6 nitrogen and oxygen atoms in total. The Balaban J connectivity index is 1.30. The molecule has 1 saturated heterocycles. The van der Waals surface area contributed by atoms with Crippen LogP contribution in [0.3, 0.4) is 0 Å². The molecule has 2 heterocycles. The summed E-state index contributed by atoms with van der Waals surface area (Å²) in [5.41, 5.74) is 4.14. The number of hydrogen-bond acceptors (Lipinski definition) is 6. The van der Waals surface area contributed by atoms with E-state index in [1.165, 1.54) is 18.2 Å². The van der Waals surface area contributed by atoms with Crippen molar-refractivity contribution in [2.24, 2.45) is 5.92 Å². The number of esters is 1. The molecule has 7 heteroatoms. The molecule has 1 N–H and O–H groups in total. The minimum absolute atomic E-state index is 0.0179. The molecule has 5 rings (SSSR count). The summed E-state index contributed by atoms with van der Waals surface area (Å²) in [6.07, 6.45) is 4.71. The molecule has 2 aliphatic carbocycles. The number of carbonyl (C=O) groups excluding carboxylic acids is 1. The first-order valence-electron chi connectivity index (χ1n) is 11.5. The van der Waals surface area contributed by atoms with Gasteiger partial charge in [-0.2, -0.15) is 0 Å². The number of ether oxygens (including phenoxy) is 1. The lowest BCUT2D eigenvalue weighted by Crippen LogP contribution is -2.41. The molecule has 1 aromatic heterocycles. The average molecular weight is 434 g/mol. The lowest BCUT2D eigenvalue weighted by molar-refractivity contribution is -0.142. The van der Waals surface area contributed by atoms with Gasteiger partial charge in [-0.05, 0) is 81.1 Å². The van der Waals surface area contributed by atoms with E-state index >= 15 is 0 Å². The summed E-state index contributed by atoms with van der Waals surface area (Å²) in [7, 11) is 1.10. The van der Waals surface area contributed by atoms with Gasteiger partial charge in [-0.15, -0.1) is 0 Å². The van der Waals surface area contributed by atoms with E-state index < -0.39 is 0 Å². The largest absolute Gasteiger partial charge is 0.495 e. The monoisotopic (exact) mass is 434 g/mol. The number of methoxy groups -OCH3 is 1.